The number of aliphatic hydroxyl groups is 5. The molecular weight excluding hydrogens is 1080 g/mol. The molecule has 1 saturated heterocycles. The van der Waals surface area contributed by atoms with Gasteiger partial charge in [0.2, 0.25) is 0 Å². The molecule has 7 heterocycles. The Morgan fingerprint density at radius 3 is 1.85 bits per heavy atom. The van der Waals surface area contributed by atoms with Crippen molar-refractivity contribution in [3.05, 3.63) is 159 Å². The molecule has 4 aliphatic carbocycles. The van der Waals surface area contributed by atoms with Crippen molar-refractivity contribution >= 4 is 5.97 Å². The highest BCUT2D eigenvalue weighted by Gasteiger charge is 2.72. The summed E-state index contributed by atoms with van der Waals surface area (Å²) in [4.78, 5) is 48.7. The predicted molar refractivity (Wildman–Crippen MR) is 300 cm³/mol. The first-order valence-electron chi connectivity index (χ1n) is 28.8. The highest BCUT2D eigenvalue weighted by atomic mass is 19.1. The molecule has 17 atom stereocenters. The molecule has 4 saturated carbocycles. The summed E-state index contributed by atoms with van der Waals surface area (Å²) in [5, 5.41) is 56.3. The van der Waals surface area contributed by atoms with Gasteiger partial charge in [-0.15, -0.1) is 0 Å². The Bertz CT molecular complexity index is 3590. The van der Waals surface area contributed by atoms with Crippen LogP contribution >= 0.6 is 0 Å². The van der Waals surface area contributed by atoms with E-state index in [4.69, 9.17) is 37.3 Å². The second-order valence-corrected chi connectivity index (χ2v) is 25.5. The van der Waals surface area contributed by atoms with Crippen molar-refractivity contribution in [1.29, 1.82) is 0 Å². The number of fused-ring (bicyclic) bond motifs is 10. The smallest absolute Gasteiger partial charge is 0.345 e. The zero-order valence-corrected chi connectivity index (χ0v) is 47.9. The number of nitrogens with zero attached hydrogens (tertiary/aromatic N) is 2. The molecule has 18 nitrogen and oxygen atoms in total. The molecule has 5 N–H and O–H groups in total. The third-order valence-corrected chi connectivity index (χ3v) is 21.0. The lowest BCUT2D eigenvalue weighted by molar-refractivity contribution is -0.330. The summed E-state index contributed by atoms with van der Waals surface area (Å²) in [6, 6.07) is 22.9. The minimum absolute atomic E-state index is 0.0234. The third-order valence-electron chi connectivity index (χ3n) is 21.0. The molecule has 444 valence electrons. The lowest BCUT2D eigenvalue weighted by Crippen LogP contribution is -2.71. The van der Waals surface area contributed by atoms with Gasteiger partial charge in [-0.25, -0.2) is 18.8 Å². The number of para-hydroxylation sites is 1. The normalized spacial score (nSPS) is 37.0. The highest BCUT2D eigenvalue weighted by Crippen LogP contribution is 2.70. The second kappa shape index (κ2) is 21.0. The molecule has 2 aromatic carbocycles. The number of rotatable bonds is 7. The van der Waals surface area contributed by atoms with Gasteiger partial charge in [0.25, 0.3) is 0 Å². The van der Waals surface area contributed by atoms with Crippen LogP contribution in [0.15, 0.2) is 128 Å². The summed E-state index contributed by atoms with van der Waals surface area (Å²) in [6.07, 6.45) is 3.29. The lowest BCUT2D eigenvalue weighted by atomic mass is 9.42. The third kappa shape index (κ3) is 8.93. The van der Waals surface area contributed by atoms with Crippen LogP contribution in [0.3, 0.4) is 0 Å². The van der Waals surface area contributed by atoms with E-state index in [9.17, 15) is 44.3 Å². The summed E-state index contributed by atoms with van der Waals surface area (Å²) in [5.74, 6) is -1.46. The molecule has 0 spiro atoms. The molecule has 0 radical (unpaired) electrons. The molecule has 5 fully saturated rings. The number of esters is 1. The van der Waals surface area contributed by atoms with Crippen LogP contribution in [0.1, 0.15) is 126 Å². The van der Waals surface area contributed by atoms with Gasteiger partial charge < -0.3 is 62.8 Å². The van der Waals surface area contributed by atoms with Gasteiger partial charge in [0, 0.05) is 76.3 Å². The fourth-order valence-electron chi connectivity index (χ4n) is 16.7. The maximum Gasteiger partial charge on any atom is 0.345 e. The number of pyridine rings is 2. The number of aromatic nitrogens is 2. The molecule has 19 heteroatoms. The zero-order valence-electron chi connectivity index (χ0n) is 47.9. The monoisotopic (exact) mass is 1150 g/mol. The molecule has 0 bridgehead atoms. The number of hydrogen-bond acceptors (Lipinski definition) is 18. The van der Waals surface area contributed by atoms with E-state index in [1.807, 2.05) is 45.0 Å². The Kier molecular flexibility index (Phi) is 14.4. The van der Waals surface area contributed by atoms with Gasteiger partial charge in [0.1, 0.15) is 63.0 Å². The fourth-order valence-corrected chi connectivity index (χ4v) is 16.7. The van der Waals surface area contributed by atoms with E-state index in [-0.39, 0.29) is 64.3 Å². The molecule has 84 heavy (non-hydrogen) atoms. The van der Waals surface area contributed by atoms with Gasteiger partial charge in [-0.2, -0.15) is 0 Å². The first-order valence-corrected chi connectivity index (χ1v) is 28.8. The average molecular weight is 1160 g/mol. The van der Waals surface area contributed by atoms with Crippen LogP contribution in [0.25, 0.3) is 22.6 Å². The number of methoxy groups -OCH3 is 1. The summed E-state index contributed by atoms with van der Waals surface area (Å²) < 4.78 is 63.4. The number of aliphatic hydroxyl groups excluding tert-OH is 5. The Balaban J connectivity index is 0.000000181. The van der Waals surface area contributed by atoms with Crippen LogP contribution in [0.5, 0.6) is 17.2 Å². The maximum atomic E-state index is 13.8. The van der Waals surface area contributed by atoms with Gasteiger partial charge in [-0.3, -0.25) is 9.97 Å². The van der Waals surface area contributed by atoms with Crippen molar-refractivity contribution in [3.63, 3.8) is 0 Å². The summed E-state index contributed by atoms with van der Waals surface area (Å²) >= 11 is 0. The number of halogens is 1. The molecule has 4 aromatic heterocycles. The van der Waals surface area contributed by atoms with Crippen molar-refractivity contribution in [2.75, 3.05) is 20.3 Å². The van der Waals surface area contributed by atoms with Crippen LogP contribution < -0.4 is 25.5 Å². The number of carbonyl (C=O) groups excluding carboxylic acids is 1. The minimum Gasteiger partial charge on any atom is -0.496 e. The quantitative estimate of drug-likeness (QED) is 0.0935. The van der Waals surface area contributed by atoms with Gasteiger partial charge in [0.05, 0.1) is 56.4 Å². The lowest BCUT2D eigenvalue weighted by Gasteiger charge is -2.67. The topological polar surface area (TPSA) is 260 Å². The van der Waals surface area contributed by atoms with E-state index in [1.54, 1.807) is 75.2 Å². The van der Waals surface area contributed by atoms with E-state index in [2.05, 4.69) is 23.8 Å². The molecule has 3 aliphatic heterocycles. The van der Waals surface area contributed by atoms with E-state index in [0.29, 0.717) is 62.0 Å². The molecule has 4 unspecified atom stereocenters. The Hall–Kier alpha value is -6.84. The van der Waals surface area contributed by atoms with Crippen molar-refractivity contribution in [2.24, 2.45) is 45.3 Å². The van der Waals surface area contributed by atoms with Gasteiger partial charge in [-0.05, 0) is 130 Å². The molecule has 0 amide bonds. The molecular formula is C65H71FN2O16. The molecule has 6 aromatic rings. The second-order valence-electron chi connectivity index (χ2n) is 25.5. The van der Waals surface area contributed by atoms with Crippen molar-refractivity contribution in [2.45, 2.75) is 134 Å². The van der Waals surface area contributed by atoms with Crippen LogP contribution in [-0.4, -0.2) is 97.4 Å². The van der Waals surface area contributed by atoms with Crippen LogP contribution in [0, 0.1) is 51.1 Å². The first kappa shape index (κ1) is 57.6. The maximum absolute atomic E-state index is 13.8. The number of hydrogen-bond donors (Lipinski definition) is 5. The highest BCUT2D eigenvalue weighted by molar-refractivity contribution is 5.89. The standard InChI is InChI=1S/C40H40FNO9.C25H31NO7/c1-38-16-15-30-39(2,21-47-37(50-30)25-9-5-6-10-26(25)46-4)29(38)19-31(49-35(44)22-11-13-24(41)14-12-22)40(3)34(38)33(43)32-28(51-40)18-27(48-36(32)45)23-8-7-17-42-20-23;1-23-7-6-17(28)24(2,12-27)16(23)10-18(29)25(3)21(23)20(30)19-15(33-25)9-14(32-22(19)31)13-5-4-8-26-11-13/h5-14,17-18,20,29-31,33-34,37,43H,15-16,19,21H2,1-4H3;4-5,8-9,11,16-18,20-21,27-30H,6-7,10,12H2,1-3H3/t29?,30-,31-,33-,34?,37+,38-,39-,40+;16?,17-,18-,20-,21?,23-,24-,25+/m00/s1. The summed E-state index contributed by atoms with van der Waals surface area (Å²) in [7, 11) is 1.61. The van der Waals surface area contributed by atoms with Crippen molar-refractivity contribution in [3.8, 4) is 39.9 Å². The van der Waals surface area contributed by atoms with E-state index in [0.717, 1.165) is 5.56 Å². The molecule has 7 aliphatic rings. The van der Waals surface area contributed by atoms with Gasteiger partial charge >= 0.3 is 17.2 Å². The summed E-state index contributed by atoms with van der Waals surface area (Å²) in [5.41, 5.74) is -4.32. The van der Waals surface area contributed by atoms with E-state index < -0.39 is 105 Å². The minimum atomic E-state index is -1.32. The number of benzene rings is 2. The van der Waals surface area contributed by atoms with Crippen LogP contribution in [0.4, 0.5) is 4.39 Å². The fraction of sp³-hybridized carbons (Fsp3) is 0.492. The SMILES string of the molecule is COc1ccccc1[C@@H]1OC[C@@]2(C)C3C[C@H](OC(=O)c4ccc(F)cc4)[C@@]4(C)Oc5cc(-c6cccnc6)oc(=O)c5[C@H](O)C4[C@@]3(C)CC[C@@H]2O1.C[C@]12CC[C@H](O)[C@@](C)(CO)C1C[C@H](O)[C@@]1(C)Oc3cc(-c4cccnc4)oc(=O)c3[C@H](O)C21. The van der Waals surface area contributed by atoms with Crippen LogP contribution in [0.2, 0.25) is 0 Å². The van der Waals surface area contributed by atoms with E-state index in [1.165, 1.54) is 24.3 Å². The van der Waals surface area contributed by atoms with Crippen molar-refractivity contribution in [1.82, 2.24) is 9.97 Å². The average Bonchev–Trinajstić information content (AvgIpc) is 0.713. The Labute approximate surface area is 484 Å². The molecule has 13 rings (SSSR count). The number of carbonyl (C=O) groups is 1. The first-order chi connectivity index (χ1) is 40.0. The van der Waals surface area contributed by atoms with E-state index >= 15 is 0 Å². The summed E-state index contributed by atoms with van der Waals surface area (Å²) in [6.45, 7) is 11.8. The predicted octanol–water partition coefficient (Wildman–Crippen LogP) is 8.86. The van der Waals surface area contributed by atoms with Gasteiger partial charge in [-0.1, -0.05) is 45.9 Å². The Morgan fingerprint density at radius 1 is 0.690 bits per heavy atom. The largest absolute Gasteiger partial charge is 0.496 e. The number of ether oxygens (including phenoxy) is 6. The van der Waals surface area contributed by atoms with Gasteiger partial charge in [0.15, 0.2) is 6.29 Å². The van der Waals surface area contributed by atoms with Crippen molar-refractivity contribution < 1.29 is 72.0 Å². The zero-order chi connectivity index (χ0) is 59.5. The van der Waals surface area contributed by atoms with Crippen LogP contribution in [-0.2, 0) is 14.2 Å². The Morgan fingerprint density at radius 2 is 1.26 bits per heavy atom.